The second kappa shape index (κ2) is 12.8. The zero-order valence-corrected chi connectivity index (χ0v) is 20.1. The fraction of sp³-hybridized carbons (Fsp3) is 0.682. The van der Waals surface area contributed by atoms with Crippen LogP contribution in [0.25, 0.3) is 0 Å². The molecule has 2 N–H and O–H groups in total. The van der Waals surface area contributed by atoms with Gasteiger partial charge in [0.25, 0.3) is 0 Å². The van der Waals surface area contributed by atoms with Gasteiger partial charge in [-0.1, -0.05) is 5.92 Å². The number of hydrogen-bond donors (Lipinski definition) is 2. The summed E-state index contributed by atoms with van der Waals surface area (Å²) in [5, 5.41) is 6.12. The molecule has 0 aromatic carbocycles. The van der Waals surface area contributed by atoms with E-state index in [-0.39, 0.29) is 23.0 Å². The number of rotatable bonds is 8. The molecule has 32 heavy (non-hydrogen) atoms. The first-order chi connectivity index (χ1) is 15.2. The molecule has 2 heterocycles. The molecule has 178 valence electrons. The second-order valence-corrected chi connectivity index (χ2v) is 8.62. The maximum atomic E-state index is 11.9. The van der Waals surface area contributed by atoms with E-state index in [1.807, 2.05) is 34.6 Å². The van der Waals surface area contributed by atoms with E-state index in [0.717, 1.165) is 6.42 Å². The smallest absolute Gasteiger partial charge is 0.407 e. The van der Waals surface area contributed by atoms with Crippen molar-refractivity contribution in [1.29, 1.82) is 0 Å². The molecule has 2 unspecified atom stereocenters. The molecule has 1 aromatic rings. The van der Waals surface area contributed by atoms with Crippen LogP contribution in [0.4, 0.5) is 10.6 Å². The summed E-state index contributed by atoms with van der Waals surface area (Å²) in [5.74, 6) is 6.54. The van der Waals surface area contributed by atoms with Gasteiger partial charge in [0.15, 0.2) is 0 Å². The minimum absolute atomic E-state index is 0.0961. The Bertz CT molecular complexity index is 800. The van der Waals surface area contributed by atoms with Crippen LogP contribution in [-0.4, -0.2) is 60.5 Å². The Labute approximate surface area is 194 Å². The molecule has 1 saturated heterocycles. The van der Waals surface area contributed by atoms with Crippen molar-refractivity contribution in [3.63, 3.8) is 0 Å². The lowest BCUT2D eigenvalue weighted by Crippen LogP contribution is -2.42. The van der Waals surface area contributed by atoms with E-state index >= 15 is 0 Å². The SMILES string of the molecule is CCOC(C#Cc1cnc(Cl)nc1NC1CC(COC(=O)NC(C)(C)C)CCO1)OCC. The third-order valence-electron chi connectivity index (χ3n) is 4.34. The average Bonchev–Trinajstić information content (AvgIpc) is 2.71. The number of carbonyl (C=O) groups excluding carboxylic acids is 1. The van der Waals surface area contributed by atoms with Gasteiger partial charge in [0.05, 0.1) is 12.2 Å². The molecule has 0 radical (unpaired) electrons. The Balaban J connectivity index is 2.01. The number of carbonyl (C=O) groups is 1. The van der Waals surface area contributed by atoms with Crippen molar-refractivity contribution in [2.45, 2.75) is 65.5 Å². The van der Waals surface area contributed by atoms with Crippen LogP contribution < -0.4 is 10.6 Å². The quantitative estimate of drug-likeness (QED) is 0.339. The topological polar surface area (TPSA) is 104 Å². The molecule has 0 aliphatic carbocycles. The first kappa shape index (κ1) is 26.1. The fourth-order valence-corrected chi connectivity index (χ4v) is 3.07. The minimum Gasteiger partial charge on any atom is -0.449 e. The van der Waals surface area contributed by atoms with Crippen molar-refractivity contribution in [2.24, 2.45) is 5.92 Å². The predicted molar refractivity (Wildman–Crippen MR) is 121 cm³/mol. The number of alkyl carbamates (subject to hydrolysis) is 1. The third-order valence-corrected chi connectivity index (χ3v) is 4.52. The number of anilines is 1. The molecule has 2 atom stereocenters. The highest BCUT2D eigenvalue weighted by Gasteiger charge is 2.25. The highest BCUT2D eigenvalue weighted by molar-refractivity contribution is 6.28. The molecular weight excluding hydrogens is 436 g/mol. The summed E-state index contributed by atoms with van der Waals surface area (Å²) in [7, 11) is 0. The number of aromatic nitrogens is 2. The molecule has 1 aromatic heterocycles. The number of hydrogen-bond acceptors (Lipinski definition) is 8. The summed E-state index contributed by atoms with van der Waals surface area (Å²) in [6, 6.07) is 0. The minimum atomic E-state index is -0.639. The van der Waals surface area contributed by atoms with Gasteiger partial charge >= 0.3 is 6.09 Å². The van der Waals surface area contributed by atoms with E-state index in [0.29, 0.717) is 44.2 Å². The number of amides is 1. The standard InChI is InChI=1S/C22H33ClN4O5/c1-6-29-18(30-7-2)9-8-16-13-24-20(23)26-19(16)25-17-12-15(10-11-31-17)14-32-21(28)27-22(3,4)5/h13,15,17-18H,6-7,10-12,14H2,1-5H3,(H,27,28)(H,24,25,26). The maximum absolute atomic E-state index is 11.9. The van der Waals surface area contributed by atoms with Crippen molar-refractivity contribution in [2.75, 3.05) is 31.7 Å². The van der Waals surface area contributed by atoms with E-state index in [1.54, 1.807) is 6.20 Å². The van der Waals surface area contributed by atoms with E-state index < -0.39 is 12.4 Å². The fourth-order valence-electron chi connectivity index (χ4n) is 2.94. The van der Waals surface area contributed by atoms with Crippen LogP contribution in [0, 0.1) is 17.8 Å². The van der Waals surface area contributed by atoms with Gasteiger partial charge in [-0.05, 0) is 70.9 Å². The van der Waals surface area contributed by atoms with E-state index in [4.69, 9.17) is 30.5 Å². The van der Waals surface area contributed by atoms with Crippen LogP contribution in [0.1, 0.15) is 53.0 Å². The lowest BCUT2D eigenvalue weighted by molar-refractivity contribution is -0.0969. The van der Waals surface area contributed by atoms with Gasteiger partial charge in [-0.3, -0.25) is 0 Å². The first-order valence-corrected chi connectivity index (χ1v) is 11.2. The molecule has 0 bridgehead atoms. The van der Waals surface area contributed by atoms with Crippen LogP contribution in [-0.2, 0) is 18.9 Å². The molecule has 0 spiro atoms. The number of nitrogens with zero attached hydrogens (tertiary/aromatic N) is 2. The first-order valence-electron chi connectivity index (χ1n) is 10.8. The zero-order valence-electron chi connectivity index (χ0n) is 19.4. The van der Waals surface area contributed by atoms with Gasteiger partial charge < -0.3 is 29.6 Å². The van der Waals surface area contributed by atoms with Crippen LogP contribution in [0.2, 0.25) is 5.28 Å². The molecule has 2 rings (SSSR count). The Morgan fingerprint density at radius 2 is 2.06 bits per heavy atom. The van der Waals surface area contributed by atoms with Gasteiger partial charge in [-0.2, -0.15) is 4.98 Å². The van der Waals surface area contributed by atoms with Crippen LogP contribution in [0.5, 0.6) is 0 Å². The largest absolute Gasteiger partial charge is 0.449 e. The molecule has 1 aliphatic heterocycles. The molecule has 10 heteroatoms. The van der Waals surface area contributed by atoms with Crippen molar-refractivity contribution in [3.8, 4) is 11.8 Å². The Morgan fingerprint density at radius 1 is 1.34 bits per heavy atom. The van der Waals surface area contributed by atoms with E-state index in [1.165, 1.54) is 0 Å². The lowest BCUT2D eigenvalue weighted by Gasteiger charge is -2.30. The number of nitrogens with one attached hydrogen (secondary N) is 2. The van der Waals surface area contributed by atoms with E-state index in [2.05, 4.69) is 32.4 Å². The summed E-state index contributed by atoms with van der Waals surface area (Å²) in [4.78, 5) is 20.2. The summed E-state index contributed by atoms with van der Waals surface area (Å²) >= 11 is 6.00. The Hall–Kier alpha value is -2.12. The van der Waals surface area contributed by atoms with Crippen molar-refractivity contribution >= 4 is 23.5 Å². The summed E-state index contributed by atoms with van der Waals surface area (Å²) in [5.41, 5.74) is 0.203. The van der Waals surface area contributed by atoms with Gasteiger partial charge in [-0.15, -0.1) is 0 Å². The van der Waals surface area contributed by atoms with Gasteiger partial charge in [0, 0.05) is 31.6 Å². The Kier molecular flexibility index (Phi) is 10.5. The molecule has 1 amide bonds. The predicted octanol–water partition coefficient (Wildman–Crippen LogP) is 3.57. The van der Waals surface area contributed by atoms with Crippen LogP contribution in [0.15, 0.2) is 6.20 Å². The zero-order chi connectivity index (χ0) is 23.6. The summed E-state index contributed by atoms with van der Waals surface area (Å²) in [6.45, 7) is 11.3. The monoisotopic (exact) mass is 468 g/mol. The second-order valence-electron chi connectivity index (χ2n) is 8.28. The number of halogens is 1. The number of ether oxygens (including phenoxy) is 4. The lowest BCUT2D eigenvalue weighted by atomic mass is 9.99. The molecule has 0 saturated carbocycles. The molecule has 1 aliphatic rings. The maximum Gasteiger partial charge on any atom is 0.407 e. The third kappa shape index (κ3) is 9.57. The molecule has 1 fully saturated rings. The normalized spacial score (nSPS) is 18.6. The van der Waals surface area contributed by atoms with Gasteiger partial charge in [-0.25, -0.2) is 9.78 Å². The van der Waals surface area contributed by atoms with Crippen LogP contribution >= 0.6 is 11.6 Å². The van der Waals surface area contributed by atoms with Gasteiger partial charge in [0.1, 0.15) is 12.0 Å². The Morgan fingerprint density at radius 3 is 2.72 bits per heavy atom. The van der Waals surface area contributed by atoms with Crippen molar-refractivity contribution in [3.05, 3.63) is 17.0 Å². The van der Waals surface area contributed by atoms with E-state index in [9.17, 15) is 4.79 Å². The average molecular weight is 469 g/mol. The summed E-state index contributed by atoms with van der Waals surface area (Å²) in [6.07, 6.45) is 1.58. The van der Waals surface area contributed by atoms with Crippen molar-refractivity contribution in [1.82, 2.24) is 15.3 Å². The van der Waals surface area contributed by atoms with Crippen molar-refractivity contribution < 1.29 is 23.7 Å². The molecular formula is C22H33ClN4O5. The highest BCUT2D eigenvalue weighted by atomic mass is 35.5. The van der Waals surface area contributed by atoms with Crippen LogP contribution in [0.3, 0.4) is 0 Å². The highest BCUT2D eigenvalue weighted by Crippen LogP contribution is 2.23. The summed E-state index contributed by atoms with van der Waals surface area (Å²) < 4.78 is 22.1. The van der Waals surface area contributed by atoms with Gasteiger partial charge in [0.2, 0.25) is 11.6 Å². The molecule has 9 nitrogen and oxygen atoms in total.